The summed E-state index contributed by atoms with van der Waals surface area (Å²) in [7, 11) is 0. The van der Waals surface area contributed by atoms with Crippen LogP contribution in [0.25, 0.3) is 0 Å². The Morgan fingerprint density at radius 2 is 1.45 bits per heavy atom. The molecule has 0 saturated heterocycles. The van der Waals surface area contributed by atoms with E-state index in [9.17, 15) is 9.59 Å². The molecule has 22 heavy (non-hydrogen) atoms. The number of ether oxygens (including phenoxy) is 1. The summed E-state index contributed by atoms with van der Waals surface area (Å²) in [6.45, 7) is 3.95. The second-order valence-corrected chi connectivity index (χ2v) is 5.17. The number of rotatable bonds is 3. The van der Waals surface area contributed by atoms with Gasteiger partial charge in [-0.1, -0.05) is 24.3 Å². The van der Waals surface area contributed by atoms with Gasteiger partial charge in [-0.15, -0.1) is 0 Å². The summed E-state index contributed by atoms with van der Waals surface area (Å²) < 4.78 is 5.94. The number of carbonyl (C=O) groups is 2. The maximum Gasteiger partial charge on any atom is 0.258 e. The van der Waals surface area contributed by atoms with Gasteiger partial charge in [0.15, 0.2) is 0 Å². The molecule has 0 bridgehead atoms. The highest BCUT2D eigenvalue weighted by Gasteiger charge is 2.25. The molecule has 0 atom stereocenters. The van der Waals surface area contributed by atoms with Crippen LogP contribution in [0.15, 0.2) is 54.6 Å². The van der Waals surface area contributed by atoms with Crippen LogP contribution in [0, 0.1) is 13.8 Å². The molecule has 4 heteroatoms. The molecular weight excluding hydrogens is 278 g/mol. The predicted octanol–water partition coefficient (Wildman–Crippen LogP) is 3.53. The summed E-state index contributed by atoms with van der Waals surface area (Å²) in [5.41, 5.74) is 2.56. The zero-order valence-corrected chi connectivity index (χ0v) is 12.4. The molecular formula is C18H15NO3. The van der Waals surface area contributed by atoms with E-state index >= 15 is 0 Å². The fourth-order valence-corrected chi connectivity index (χ4v) is 2.42. The van der Waals surface area contributed by atoms with E-state index in [0.29, 0.717) is 11.4 Å². The molecule has 3 rings (SSSR count). The first-order valence-corrected chi connectivity index (χ1v) is 6.96. The Morgan fingerprint density at radius 3 is 2.09 bits per heavy atom. The number of para-hydroxylation sites is 1. The van der Waals surface area contributed by atoms with E-state index in [1.54, 1.807) is 24.3 Å². The van der Waals surface area contributed by atoms with Gasteiger partial charge in [-0.25, -0.2) is 4.90 Å². The molecule has 4 nitrogen and oxygen atoms in total. The lowest BCUT2D eigenvalue weighted by molar-refractivity contribution is -0.119. The van der Waals surface area contributed by atoms with Crippen molar-refractivity contribution in [2.24, 2.45) is 0 Å². The third-order valence-corrected chi connectivity index (χ3v) is 3.51. The van der Waals surface area contributed by atoms with E-state index in [4.69, 9.17) is 4.74 Å². The minimum absolute atomic E-state index is 0.339. The summed E-state index contributed by atoms with van der Waals surface area (Å²) in [6, 6.07) is 12.9. The lowest BCUT2D eigenvalue weighted by Crippen LogP contribution is -2.29. The SMILES string of the molecule is Cc1cccc(C)c1Oc1cccc(N2C(=O)C=CC2=O)c1. The molecule has 2 amide bonds. The maximum absolute atomic E-state index is 11.7. The van der Waals surface area contributed by atoms with Gasteiger partial charge >= 0.3 is 0 Å². The molecule has 0 fully saturated rings. The van der Waals surface area contributed by atoms with Gasteiger partial charge in [-0.2, -0.15) is 0 Å². The second kappa shape index (κ2) is 5.48. The molecule has 0 N–H and O–H groups in total. The first-order chi connectivity index (χ1) is 10.6. The average molecular weight is 293 g/mol. The zero-order valence-electron chi connectivity index (χ0n) is 12.4. The minimum Gasteiger partial charge on any atom is -0.457 e. The van der Waals surface area contributed by atoms with Crippen molar-refractivity contribution < 1.29 is 14.3 Å². The number of aryl methyl sites for hydroxylation is 2. The van der Waals surface area contributed by atoms with Crippen LogP contribution >= 0.6 is 0 Å². The van der Waals surface area contributed by atoms with Crippen molar-refractivity contribution in [1.29, 1.82) is 0 Å². The topological polar surface area (TPSA) is 46.6 Å². The second-order valence-electron chi connectivity index (χ2n) is 5.17. The van der Waals surface area contributed by atoms with Crippen molar-refractivity contribution in [3.8, 4) is 11.5 Å². The molecule has 2 aromatic carbocycles. The van der Waals surface area contributed by atoms with Crippen LogP contribution in [0.1, 0.15) is 11.1 Å². The summed E-state index contributed by atoms with van der Waals surface area (Å²) >= 11 is 0. The normalized spacial score (nSPS) is 13.8. The Labute approximate surface area is 128 Å². The van der Waals surface area contributed by atoms with Gasteiger partial charge in [0.25, 0.3) is 11.8 Å². The quantitative estimate of drug-likeness (QED) is 0.813. The van der Waals surface area contributed by atoms with E-state index in [1.165, 1.54) is 12.2 Å². The number of benzene rings is 2. The highest BCUT2D eigenvalue weighted by atomic mass is 16.5. The van der Waals surface area contributed by atoms with Gasteiger partial charge in [-0.05, 0) is 37.1 Å². The van der Waals surface area contributed by atoms with Gasteiger partial charge < -0.3 is 4.74 Å². The number of imide groups is 1. The molecule has 0 aliphatic carbocycles. The Balaban J connectivity index is 1.92. The first-order valence-electron chi connectivity index (χ1n) is 6.96. The van der Waals surface area contributed by atoms with Crippen molar-refractivity contribution in [3.63, 3.8) is 0 Å². The lowest BCUT2D eigenvalue weighted by Gasteiger charge is -2.16. The maximum atomic E-state index is 11.7. The molecule has 0 spiro atoms. The zero-order chi connectivity index (χ0) is 15.7. The molecule has 1 aliphatic heterocycles. The van der Waals surface area contributed by atoms with Crippen LogP contribution in [0.2, 0.25) is 0 Å². The fourth-order valence-electron chi connectivity index (χ4n) is 2.42. The van der Waals surface area contributed by atoms with Gasteiger partial charge in [0.05, 0.1) is 5.69 Å². The summed E-state index contributed by atoms with van der Waals surface area (Å²) in [5, 5.41) is 0. The molecule has 0 aromatic heterocycles. The van der Waals surface area contributed by atoms with Gasteiger partial charge in [0, 0.05) is 18.2 Å². The number of carbonyl (C=O) groups excluding carboxylic acids is 2. The largest absolute Gasteiger partial charge is 0.457 e. The van der Waals surface area contributed by atoms with Crippen molar-refractivity contribution in [2.45, 2.75) is 13.8 Å². The third-order valence-electron chi connectivity index (χ3n) is 3.51. The Hall–Kier alpha value is -2.88. The summed E-state index contributed by atoms with van der Waals surface area (Å²) in [5.74, 6) is 0.697. The molecule has 0 radical (unpaired) electrons. The number of amides is 2. The number of anilines is 1. The number of hydrogen-bond acceptors (Lipinski definition) is 3. The molecule has 2 aromatic rings. The molecule has 0 saturated carbocycles. The predicted molar refractivity (Wildman–Crippen MR) is 84.1 cm³/mol. The van der Waals surface area contributed by atoms with E-state index in [0.717, 1.165) is 21.8 Å². The molecule has 1 heterocycles. The number of hydrogen-bond donors (Lipinski definition) is 0. The highest BCUT2D eigenvalue weighted by Crippen LogP contribution is 2.31. The van der Waals surface area contributed by atoms with Crippen LogP contribution in [-0.4, -0.2) is 11.8 Å². The van der Waals surface area contributed by atoms with E-state index in [-0.39, 0.29) is 11.8 Å². The third kappa shape index (κ3) is 2.51. The Morgan fingerprint density at radius 1 is 0.864 bits per heavy atom. The molecule has 0 unspecified atom stereocenters. The summed E-state index contributed by atoms with van der Waals surface area (Å²) in [6.07, 6.45) is 2.53. The van der Waals surface area contributed by atoms with Crippen LogP contribution < -0.4 is 9.64 Å². The van der Waals surface area contributed by atoms with Crippen molar-refractivity contribution >= 4 is 17.5 Å². The lowest BCUT2D eigenvalue weighted by atomic mass is 10.1. The van der Waals surface area contributed by atoms with E-state index in [2.05, 4.69) is 0 Å². The fraction of sp³-hybridized carbons (Fsp3) is 0.111. The smallest absolute Gasteiger partial charge is 0.258 e. The summed E-state index contributed by atoms with van der Waals surface area (Å²) in [4.78, 5) is 24.6. The van der Waals surface area contributed by atoms with Gasteiger partial charge in [0.1, 0.15) is 11.5 Å². The standard InChI is InChI=1S/C18H15NO3/c1-12-5-3-6-13(2)18(12)22-15-8-4-7-14(11-15)19-16(20)9-10-17(19)21/h3-11H,1-2H3. The molecule has 1 aliphatic rings. The van der Waals surface area contributed by atoms with Crippen molar-refractivity contribution in [1.82, 2.24) is 0 Å². The van der Waals surface area contributed by atoms with Crippen LogP contribution in [-0.2, 0) is 9.59 Å². The van der Waals surface area contributed by atoms with Crippen molar-refractivity contribution in [3.05, 3.63) is 65.7 Å². The molecule has 110 valence electrons. The Bertz CT molecular complexity index is 754. The number of nitrogens with zero attached hydrogens (tertiary/aromatic N) is 1. The Kier molecular flexibility index (Phi) is 3.51. The van der Waals surface area contributed by atoms with Crippen LogP contribution in [0.4, 0.5) is 5.69 Å². The average Bonchev–Trinajstić information content (AvgIpc) is 2.83. The minimum atomic E-state index is -0.339. The van der Waals surface area contributed by atoms with Gasteiger partial charge in [0.2, 0.25) is 0 Å². The van der Waals surface area contributed by atoms with Crippen LogP contribution in [0.3, 0.4) is 0 Å². The van der Waals surface area contributed by atoms with Crippen molar-refractivity contribution in [2.75, 3.05) is 4.90 Å². The van der Waals surface area contributed by atoms with E-state index < -0.39 is 0 Å². The van der Waals surface area contributed by atoms with E-state index in [1.807, 2.05) is 32.0 Å². The monoisotopic (exact) mass is 293 g/mol. The van der Waals surface area contributed by atoms with Gasteiger partial charge in [-0.3, -0.25) is 9.59 Å². The first kappa shape index (κ1) is 14.1. The van der Waals surface area contributed by atoms with Crippen LogP contribution in [0.5, 0.6) is 11.5 Å². The highest BCUT2D eigenvalue weighted by molar-refractivity contribution is 6.28.